The minimum Gasteiger partial charge on any atom is -0.478 e. The molecule has 0 saturated heterocycles. The van der Waals surface area contributed by atoms with E-state index in [1.165, 1.54) is 6.07 Å². The largest absolute Gasteiger partial charge is 0.478 e. The molecule has 100 valence electrons. The van der Waals surface area contributed by atoms with Gasteiger partial charge in [0.25, 0.3) is 0 Å². The van der Waals surface area contributed by atoms with Crippen molar-refractivity contribution in [1.82, 2.24) is 19.7 Å². The van der Waals surface area contributed by atoms with Gasteiger partial charge in [0.1, 0.15) is 11.6 Å². The van der Waals surface area contributed by atoms with Gasteiger partial charge < -0.3 is 5.11 Å². The molecule has 6 heteroatoms. The Morgan fingerprint density at radius 3 is 2.58 bits per heavy atom. The number of rotatable bonds is 4. The Labute approximate surface area is 111 Å². The van der Waals surface area contributed by atoms with E-state index < -0.39 is 5.97 Å². The van der Waals surface area contributed by atoms with Crippen LogP contribution >= 0.6 is 0 Å². The second-order valence-corrected chi connectivity index (χ2v) is 4.38. The number of hydrogen-bond donors (Lipinski definition) is 1. The SMILES string of the molecule is CCCc1cc(C(=O)O)cc(-n2nc(C)nc2C)n1. The van der Waals surface area contributed by atoms with Crippen LogP contribution in [0.2, 0.25) is 0 Å². The molecular weight excluding hydrogens is 244 g/mol. The maximum absolute atomic E-state index is 11.2. The summed E-state index contributed by atoms with van der Waals surface area (Å²) in [6.07, 6.45) is 1.64. The Hall–Kier alpha value is -2.24. The van der Waals surface area contributed by atoms with Gasteiger partial charge in [0.05, 0.1) is 5.56 Å². The predicted molar refractivity (Wildman–Crippen MR) is 69.6 cm³/mol. The average Bonchev–Trinajstić information content (AvgIpc) is 2.68. The maximum atomic E-state index is 11.2. The van der Waals surface area contributed by atoms with Crippen LogP contribution in [0.4, 0.5) is 0 Å². The van der Waals surface area contributed by atoms with Crippen molar-refractivity contribution in [2.24, 2.45) is 0 Å². The van der Waals surface area contributed by atoms with E-state index in [0.717, 1.165) is 18.5 Å². The quantitative estimate of drug-likeness (QED) is 0.908. The third-order valence-corrected chi connectivity index (χ3v) is 2.71. The van der Waals surface area contributed by atoms with Gasteiger partial charge in [-0.15, -0.1) is 5.10 Å². The number of hydrogen-bond acceptors (Lipinski definition) is 4. The summed E-state index contributed by atoms with van der Waals surface area (Å²) in [5, 5.41) is 13.4. The van der Waals surface area contributed by atoms with Gasteiger partial charge in [-0.1, -0.05) is 13.3 Å². The number of aromatic carboxylic acids is 1. The first-order valence-electron chi connectivity index (χ1n) is 6.16. The van der Waals surface area contributed by atoms with Gasteiger partial charge >= 0.3 is 5.97 Å². The molecule has 0 unspecified atom stereocenters. The van der Waals surface area contributed by atoms with Gasteiger partial charge in [-0.2, -0.15) is 4.68 Å². The molecule has 0 atom stereocenters. The van der Waals surface area contributed by atoms with Crippen molar-refractivity contribution >= 4 is 5.97 Å². The van der Waals surface area contributed by atoms with Crippen molar-refractivity contribution < 1.29 is 9.90 Å². The average molecular weight is 260 g/mol. The standard InChI is InChI=1S/C13H16N4O2/c1-4-5-11-6-10(13(18)19)7-12(15-11)17-9(3)14-8(2)16-17/h6-7H,4-5H2,1-3H3,(H,18,19). The van der Waals surface area contributed by atoms with Crippen molar-refractivity contribution in [2.45, 2.75) is 33.6 Å². The number of carboxylic acids is 1. The molecule has 2 aromatic heterocycles. The lowest BCUT2D eigenvalue weighted by Gasteiger charge is -2.07. The summed E-state index contributed by atoms with van der Waals surface area (Å²) < 4.78 is 1.57. The number of nitrogens with zero attached hydrogens (tertiary/aromatic N) is 4. The molecule has 0 radical (unpaired) electrons. The highest BCUT2D eigenvalue weighted by atomic mass is 16.4. The monoisotopic (exact) mass is 260 g/mol. The summed E-state index contributed by atoms with van der Waals surface area (Å²) in [5.74, 6) is 0.865. The van der Waals surface area contributed by atoms with E-state index in [9.17, 15) is 4.79 Å². The molecule has 0 saturated carbocycles. The molecule has 0 aromatic carbocycles. The first-order chi connectivity index (χ1) is 9.01. The molecule has 6 nitrogen and oxygen atoms in total. The second-order valence-electron chi connectivity index (χ2n) is 4.38. The third kappa shape index (κ3) is 2.78. The number of aryl methyl sites for hydroxylation is 3. The van der Waals surface area contributed by atoms with Crippen LogP contribution < -0.4 is 0 Å². The summed E-state index contributed by atoms with van der Waals surface area (Å²) >= 11 is 0. The molecule has 19 heavy (non-hydrogen) atoms. The summed E-state index contributed by atoms with van der Waals surface area (Å²) in [7, 11) is 0. The lowest BCUT2D eigenvalue weighted by molar-refractivity contribution is 0.0696. The van der Waals surface area contributed by atoms with Gasteiger partial charge in [0, 0.05) is 5.69 Å². The molecule has 0 aliphatic heterocycles. The van der Waals surface area contributed by atoms with Crippen LogP contribution in [-0.2, 0) is 6.42 Å². The number of carboxylic acid groups (broad SMARTS) is 1. The number of carbonyl (C=O) groups is 1. The minimum atomic E-state index is -0.963. The molecule has 0 amide bonds. The van der Waals surface area contributed by atoms with E-state index >= 15 is 0 Å². The van der Waals surface area contributed by atoms with Crippen molar-refractivity contribution in [2.75, 3.05) is 0 Å². The van der Waals surface area contributed by atoms with E-state index in [2.05, 4.69) is 15.1 Å². The summed E-state index contributed by atoms with van der Waals surface area (Å²) in [6.45, 7) is 5.63. The maximum Gasteiger partial charge on any atom is 0.335 e. The van der Waals surface area contributed by atoms with E-state index in [0.29, 0.717) is 17.5 Å². The Kier molecular flexibility index (Phi) is 3.59. The smallest absolute Gasteiger partial charge is 0.335 e. The van der Waals surface area contributed by atoms with Crippen molar-refractivity contribution in [1.29, 1.82) is 0 Å². The highest BCUT2D eigenvalue weighted by Gasteiger charge is 2.12. The molecule has 0 fully saturated rings. The summed E-state index contributed by atoms with van der Waals surface area (Å²) in [5.41, 5.74) is 0.978. The van der Waals surface area contributed by atoms with E-state index in [1.54, 1.807) is 17.7 Å². The van der Waals surface area contributed by atoms with Gasteiger partial charge in [-0.05, 0) is 32.4 Å². The summed E-state index contributed by atoms with van der Waals surface area (Å²) in [6, 6.07) is 3.12. The molecule has 0 spiro atoms. The predicted octanol–water partition coefficient (Wildman–Crippen LogP) is 1.93. The highest BCUT2D eigenvalue weighted by molar-refractivity contribution is 5.88. The van der Waals surface area contributed by atoms with E-state index in [1.807, 2.05) is 13.8 Å². The second kappa shape index (κ2) is 5.17. The van der Waals surface area contributed by atoms with Crippen LogP contribution in [0.3, 0.4) is 0 Å². The molecule has 2 heterocycles. The van der Waals surface area contributed by atoms with Gasteiger partial charge in [-0.25, -0.2) is 14.8 Å². The normalized spacial score (nSPS) is 10.7. The zero-order chi connectivity index (χ0) is 14.0. The summed E-state index contributed by atoms with van der Waals surface area (Å²) in [4.78, 5) is 19.8. The Balaban J connectivity index is 2.55. The fraction of sp³-hybridized carbons (Fsp3) is 0.385. The molecule has 0 aliphatic rings. The first-order valence-corrected chi connectivity index (χ1v) is 6.16. The van der Waals surface area contributed by atoms with Crippen LogP contribution in [0.5, 0.6) is 0 Å². The minimum absolute atomic E-state index is 0.223. The Morgan fingerprint density at radius 1 is 1.32 bits per heavy atom. The lowest BCUT2D eigenvalue weighted by Crippen LogP contribution is -2.08. The zero-order valence-electron chi connectivity index (χ0n) is 11.2. The van der Waals surface area contributed by atoms with Gasteiger partial charge in [-0.3, -0.25) is 0 Å². The van der Waals surface area contributed by atoms with Crippen molar-refractivity contribution in [3.8, 4) is 5.82 Å². The van der Waals surface area contributed by atoms with Crippen LogP contribution in [0.15, 0.2) is 12.1 Å². The highest BCUT2D eigenvalue weighted by Crippen LogP contribution is 2.13. The molecule has 0 bridgehead atoms. The van der Waals surface area contributed by atoms with Gasteiger partial charge in [0.15, 0.2) is 5.82 Å². The molecule has 1 N–H and O–H groups in total. The van der Waals surface area contributed by atoms with E-state index in [4.69, 9.17) is 5.11 Å². The van der Waals surface area contributed by atoms with Crippen LogP contribution in [0.25, 0.3) is 5.82 Å². The third-order valence-electron chi connectivity index (χ3n) is 2.71. The number of pyridine rings is 1. The molecular formula is C13H16N4O2. The molecule has 2 aromatic rings. The Bertz CT molecular complexity index is 619. The fourth-order valence-electron chi connectivity index (χ4n) is 1.93. The lowest BCUT2D eigenvalue weighted by atomic mass is 10.1. The van der Waals surface area contributed by atoms with Crippen LogP contribution in [0.1, 0.15) is 41.0 Å². The van der Waals surface area contributed by atoms with Gasteiger partial charge in [0.2, 0.25) is 0 Å². The van der Waals surface area contributed by atoms with Crippen LogP contribution in [0, 0.1) is 13.8 Å². The van der Waals surface area contributed by atoms with Crippen molar-refractivity contribution in [3.05, 3.63) is 35.0 Å². The fourth-order valence-corrected chi connectivity index (χ4v) is 1.93. The van der Waals surface area contributed by atoms with Crippen molar-refractivity contribution in [3.63, 3.8) is 0 Å². The Morgan fingerprint density at radius 2 is 2.05 bits per heavy atom. The first kappa shape index (κ1) is 13.2. The van der Waals surface area contributed by atoms with Crippen LogP contribution in [-0.4, -0.2) is 30.8 Å². The topological polar surface area (TPSA) is 80.9 Å². The van der Waals surface area contributed by atoms with E-state index in [-0.39, 0.29) is 5.56 Å². The zero-order valence-corrected chi connectivity index (χ0v) is 11.2. The number of aromatic nitrogens is 4. The molecule has 2 rings (SSSR count). The molecule has 0 aliphatic carbocycles.